The van der Waals surface area contributed by atoms with E-state index in [2.05, 4.69) is 17.2 Å². The molecule has 2 aromatic rings. The van der Waals surface area contributed by atoms with Crippen molar-refractivity contribution in [1.29, 1.82) is 0 Å². The van der Waals surface area contributed by atoms with Crippen molar-refractivity contribution in [2.45, 2.75) is 27.4 Å². The first-order valence-electron chi connectivity index (χ1n) is 9.29. The average Bonchev–Trinajstić information content (AvgIpc) is 3.06. The van der Waals surface area contributed by atoms with E-state index in [0.717, 1.165) is 5.56 Å². The molecule has 3 rings (SSSR count). The second-order valence-corrected chi connectivity index (χ2v) is 6.02. The molecule has 0 aromatic heterocycles. The standard InChI is InChI=1S/C21H18N2O4.C2H6/c1-13(18-11-20(25)23-21(18)26)17-10-16(8-9-19(17)22-14(2)24)27-12-15-6-4-3-5-7-15;1-2/h3-11H,1,12H2,2H3,(H,22,24)(H,23,25,26);1-2H3. The summed E-state index contributed by atoms with van der Waals surface area (Å²) < 4.78 is 5.81. The first-order valence-corrected chi connectivity index (χ1v) is 9.29. The summed E-state index contributed by atoms with van der Waals surface area (Å²) in [6.07, 6.45) is 1.19. The molecule has 3 amide bonds. The third kappa shape index (κ3) is 5.65. The Morgan fingerprint density at radius 2 is 1.79 bits per heavy atom. The highest BCUT2D eigenvalue weighted by Crippen LogP contribution is 2.33. The number of hydrogen-bond acceptors (Lipinski definition) is 4. The molecule has 0 saturated heterocycles. The maximum atomic E-state index is 11.9. The van der Waals surface area contributed by atoms with Gasteiger partial charge in [0, 0.05) is 24.3 Å². The molecule has 0 unspecified atom stereocenters. The summed E-state index contributed by atoms with van der Waals surface area (Å²) in [5.41, 5.74) is 2.48. The Bertz CT molecular complexity index is 962. The number of nitrogens with one attached hydrogen (secondary N) is 2. The van der Waals surface area contributed by atoms with Gasteiger partial charge in [-0.05, 0) is 29.3 Å². The van der Waals surface area contributed by atoms with Crippen LogP contribution in [0.1, 0.15) is 31.9 Å². The fourth-order valence-corrected chi connectivity index (χ4v) is 2.68. The van der Waals surface area contributed by atoms with Crippen LogP contribution in [0.2, 0.25) is 0 Å². The van der Waals surface area contributed by atoms with Crippen molar-refractivity contribution in [1.82, 2.24) is 5.32 Å². The van der Waals surface area contributed by atoms with Crippen LogP contribution in [0.4, 0.5) is 5.69 Å². The van der Waals surface area contributed by atoms with Crippen LogP contribution >= 0.6 is 0 Å². The predicted molar refractivity (Wildman–Crippen MR) is 113 cm³/mol. The largest absolute Gasteiger partial charge is 0.489 e. The monoisotopic (exact) mass is 392 g/mol. The molecule has 0 bridgehead atoms. The number of rotatable bonds is 6. The normalized spacial score (nSPS) is 12.3. The highest BCUT2D eigenvalue weighted by molar-refractivity contribution is 6.24. The Labute approximate surface area is 170 Å². The van der Waals surface area contributed by atoms with Crippen LogP contribution in [0.25, 0.3) is 5.57 Å². The van der Waals surface area contributed by atoms with Crippen LogP contribution in [-0.4, -0.2) is 17.7 Å². The number of benzene rings is 2. The lowest BCUT2D eigenvalue weighted by Gasteiger charge is -2.15. The summed E-state index contributed by atoms with van der Waals surface area (Å²) in [4.78, 5) is 34.9. The fraction of sp³-hybridized carbons (Fsp3) is 0.174. The van der Waals surface area contributed by atoms with Gasteiger partial charge in [0.1, 0.15) is 12.4 Å². The molecule has 0 fully saturated rings. The van der Waals surface area contributed by atoms with Crippen LogP contribution < -0.4 is 15.4 Å². The minimum atomic E-state index is -0.519. The van der Waals surface area contributed by atoms with Gasteiger partial charge in [-0.25, -0.2) is 0 Å². The zero-order chi connectivity index (χ0) is 21.4. The van der Waals surface area contributed by atoms with Crippen LogP contribution in [0.5, 0.6) is 5.75 Å². The maximum Gasteiger partial charge on any atom is 0.258 e. The summed E-state index contributed by atoms with van der Waals surface area (Å²) >= 11 is 0. The second-order valence-electron chi connectivity index (χ2n) is 6.02. The molecule has 1 heterocycles. The van der Waals surface area contributed by atoms with E-state index in [9.17, 15) is 14.4 Å². The van der Waals surface area contributed by atoms with E-state index in [1.54, 1.807) is 18.2 Å². The Balaban J connectivity index is 0.00000145. The molecule has 0 saturated carbocycles. The summed E-state index contributed by atoms with van der Waals surface area (Å²) in [5.74, 6) is -0.722. The Hall–Kier alpha value is -3.67. The van der Waals surface area contributed by atoms with Crippen molar-refractivity contribution >= 4 is 29.0 Å². The summed E-state index contributed by atoms with van der Waals surface area (Å²) in [5, 5.41) is 4.89. The molecule has 2 aromatic carbocycles. The molecular formula is C23H24N2O4. The SMILES string of the molecule is C=C(C1=CC(=O)NC1=O)c1cc(OCc2ccccc2)ccc1NC(C)=O.CC. The number of carbonyl (C=O) groups is 3. The van der Waals surface area contributed by atoms with Crippen LogP contribution in [0, 0.1) is 0 Å². The smallest absolute Gasteiger partial charge is 0.258 e. The van der Waals surface area contributed by atoms with E-state index >= 15 is 0 Å². The van der Waals surface area contributed by atoms with E-state index in [1.165, 1.54) is 13.0 Å². The van der Waals surface area contributed by atoms with Crippen molar-refractivity contribution < 1.29 is 19.1 Å². The van der Waals surface area contributed by atoms with Gasteiger partial charge in [0.25, 0.3) is 11.8 Å². The fourth-order valence-electron chi connectivity index (χ4n) is 2.68. The number of hydrogen-bond donors (Lipinski definition) is 2. The van der Waals surface area contributed by atoms with Crippen molar-refractivity contribution in [3.05, 3.63) is 77.9 Å². The molecule has 0 radical (unpaired) electrons. The van der Waals surface area contributed by atoms with E-state index < -0.39 is 11.8 Å². The van der Waals surface area contributed by atoms with Gasteiger partial charge < -0.3 is 10.1 Å². The number of anilines is 1. The molecule has 1 aliphatic heterocycles. The molecule has 1 aliphatic rings. The summed E-state index contributed by atoms with van der Waals surface area (Å²) in [6.45, 7) is 9.69. The van der Waals surface area contributed by atoms with Crippen molar-refractivity contribution in [2.24, 2.45) is 0 Å². The van der Waals surface area contributed by atoms with Gasteiger partial charge in [0.15, 0.2) is 0 Å². The van der Waals surface area contributed by atoms with E-state index in [0.29, 0.717) is 29.2 Å². The van der Waals surface area contributed by atoms with Gasteiger partial charge in [0.05, 0.1) is 5.57 Å². The summed E-state index contributed by atoms with van der Waals surface area (Å²) in [7, 11) is 0. The van der Waals surface area contributed by atoms with Gasteiger partial charge in [-0.3, -0.25) is 19.7 Å². The van der Waals surface area contributed by atoms with E-state index in [1.807, 2.05) is 44.2 Å². The van der Waals surface area contributed by atoms with Crippen molar-refractivity contribution in [3.63, 3.8) is 0 Å². The molecular weight excluding hydrogens is 368 g/mol. The Morgan fingerprint density at radius 3 is 2.38 bits per heavy atom. The lowest BCUT2D eigenvalue weighted by molar-refractivity contribution is -0.123. The van der Waals surface area contributed by atoms with E-state index in [4.69, 9.17) is 4.74 Å². The third-order valence-electron chi connectivity index (χ3n) is 3.96. The number of ether oxygens (including phenoxy) is 1. The average molecular weight is 392 g/mol. The third-order valence-corrected chi connectivity index (χ3v) is 3.96. The molecule has 29 heavy (non-hydrogen) atoms. The highest BCUT2D eigenvalue weighted by atomic mass is 16.5. The molecule has 2 N–H and O–H groups in total. The Morgan fingerprint density at radius 1 is 1.10 bits per heavy atom. The van der Waals surface area contributed by atoms with Crippen LogP contribution in [0.15, 0.2) is 66.8 Å². The highest BCUT2D eigenvalue weighted by Gasteiger charge is 2.25. The summed E-state index contributed by atoms with van der Waals surface area (Å²) in [6, 6.07) is 14.8. The van der Waals surface area contributed by atoms with Gasteiger partial charge in [-0.1, -0.05) is 50.8 Å². The Kier molecular flexibility index (Phi) is 7.48. The van der Waals surface area contributed by atoms with Crippen molar-refractivity contribution in [3.8, 4) is 5.75 Å². The first kappa shape index (κ1) is 21.6. The molecule has 0 aliphatic carbocycles. The molecule has 6 heteroatoms. The number of carbonyl (C=O) groups excluding carboxylic acids is 3. The van der Waals surface area contributed by atoms with Gasteiger partial charge in [0.2, 0.25) is 5.91 Å². The zero-order valence-corrected chi connectivity index (χ0v) is 16.7. The van der Waals surface area contributed by atoms with Crippen molar-refractivity contribution in [2.75, 3.05) is 5.32 Å². The van der Waals surface area contributed by atoms with Crippen LogP contribution in [-0.2, 0) is 21.0 Å². The van der Waals surface area contributed by atoms with Gasteiger partial charge >= 0.3 is 0 Å². The predicted octanol–water partition coefficient (Wildman–Crippen LogP) is 3.85. The minimum absolute atomic E-state index is 0.159. The minimum Gasteiger partial charge on any atom is -0.489 e. The lowest BCUT2D eigenvalue weighted by Crippen LogP contribution is -2.22. The quantitative estimate of drug-likeness (QED) is 0.732. The van der Waals surface area contributed by atoms with Gasteiger partial charge in [-0.15, -0.1) is 0 Å². The first-order chi connectivity index (χ1) is 13.9. The second kappa shape index (κ2) is 10.0. The maximum absolute atomic E-state index is 11.9. The zero-order valence-electron chi connectivity index (χ0n) is 16.7. The molecule has 0 atom stereocenters. The number of amides is 3. The molecule has 0 spiro atoms. The number of imide groups is 1. The molecule has 150 valence electrons. The van der Waals surface area contributed by atoms with Gasteiger partial charge in [-0.2, -0.15) is 0 Å². The lowest BCUT2D eigenvalue weighted by atomic mass is 9.97. The topological polar surface area (TPSA) is 84.5 Å². The molecule has 6 nitrogen and oxygen atoms in total. The van der Waals surface area contributed by atoms with E-state index in [-0.39, 0.29) is 11.5 Å². The van der Waals surface area contributed by atoms with Crippen LogP contribution in [0.3, 0.4) is 0 Å².